The first-order valence-corrected chi connectivity index (χ1v) is 8.04. The van der Waals surface area contributed by atoms with Crippen LogP contribution in [0.25, 0.3) is 0 Å². The van der Waals surface area contributed by atoms with Gasteiger partial charge in [0.15, 0.2) is 0 Å². The quantitative estimate of drug-likeness (QED) is 0.793. The molecule has 1 aromatic heterocycles. The average Bonchev–Trinajstić information content (AvgIpc) is 2.97. The molecule has 2 rings (SSSR count). The highest BCUT2D eigenvalue weighted by Gasteiger charge is 2.18. The van der Waals surface area contributed by atoms with Crippen LogP contribution in [0.15, 0.2) is 6.33 Å². The van der Waals surface area contributed by atoms with E-state index in [9.17, 15) is 4.79 Å². The van der Waals surface area contributed by atoms with E-state index in [1.165, 1.54) is 0 Å². The lowest BCUT2D eigenvalue weighted by molar-refractivity contribution is -0.125. The van der Waals surface area contributed by atoms with Crippen molar-refractivity contribution < 1.29 is 9.53 Å². The standard InChI is InChI=1S/C15H27N5O2/c1-12(2)20-11-17-18-14(20)4-5-16-15(21)13(3)10-19-6-8-22-9-7-19/h11-13H,4-10H2,1-3H3,(H,16,21)/t13-/m0/s1. The number of ether oxygens (including phenoxy) is 1. The van der Waals surface area contributed by atoms with E-state index in [-0.39, 0.29) is 11.8 Å². The molecule has 7 nitrogen and oxygen atoms in total. The Balaban J connectivity index is 1.71. The van der Waals surface area contributed by atoms with Gasteiger partial charge >= 0.3 is 0 Å². The van der Waals surface area contributed by atoms with Gasteiger partial charge in [0, 0.05) is 44.6 Å². The summed E-state index contributed by atoms with van der Waals surface area (Å²) in [5.41, 5.74) is 0. The first-order valence-electron chi connectivity index (χ1n) is 8.04. The van der Waals surface area contributed by atoms with Gasteiger partial charge in [-0.15, -0.1) is 10.2 Å². The molecule has 1 N–H and O–H groups in total. The maximum absolute atomic E-state index is 12.2. The summed E-state index contributed by atoms with van der Waals surface area (Å²) >= 11 is 0. The van der Waals surface area contributed by atoms with Gasteiger partial charge in [0.05, 0.1) is 13.2 Å². The molecule has 1 amide bonds. The number of rotatable bonds is 7. The molecule has 2 heterocycles. The summed E-state index contributed by atoms with van der Waals surface area (Å²) in [5.74, 6) is 0.999. The number of carbonyl (C=O) groups is 1. The first kappa shape index (κ1) is 16.9. The minimum Gasteiger partial charge on any atom is -0.379 e. The van der Waals surface area contributed by atoms with E-state index in [2.05, 4.69) is 34.3 Å². The molecule has 0 spiro atoms. The van der Waals surface area contributed by atoms with Crippen LogP contribution >= 0.6 is 0 Å². The smallest absolute Gasteiger partial charge is 0.224 e. The highest BCUT2D eigenvalue weighted by molar-refractivity contribution is 5.78. The lowest BCUT2D eigenvalue weighted by atomic mass is 10.1. The van der Waals surface area contributed by atoms with E-state index in [0.29, 0.717) is 19.0 Å². The first-order chi connectivity index (χ1) is 10.6. The van der Waals surface area contributed by atoms with E-state index in [0.717, 1.165) is 38.7 Å². The SMILES string of the molecule is CC(C)n1cnnc1CCNC(=O)[C@@H](C)CN1CCOCC1. The van der Waals surface area contributed by atoms with Crippen molar-refractivity contribution in [2.75, 3.05) is 39.4 Å². The zero-order valence-corrected chi connectivity index (χ0v) is 13.8. The van der Waals surface area contributed by atoms with Gasteiger partial charge in [0.25, 0.3) is 0 Å². The third-order valence-corrected chi connectivity index (χ3v) is 3.93. The van der Waals surface area contributed by atoms with E-state index in [1.807, 2.05) is 11.5 Å². The van der Waals surface area contributed by atoms with Crippen LogP contribution < -0.4 is 5.32 Å². The lowest BCUT2D eigenvalue weighted by Crippen LogP contribution is -2.43. The third-order valence-electron chi connectivity index (χ3n) is 3.93. The molecule has 22 heavy (non-hydrogen) atoms. The zero-order valence-electron chi connectivity index (χ0n) is 13.8. The number of carbonyl (C=O) groups excluding carboxylic acids is 1. The Morgan fingerprint density at radius 3 is 2.77 bits per heavy atom. The van der Waals surface area contributed by atoms with Crippen LogP contribution in [0, 0.1) is 5.92 Å². The molecular weight excluding hydrogens is 282 g/mol. The monoisotopic (exact) mass is 309 g/mol. The highest BCUT2D eigenvalue weighted by Crippen LogP contribution is 2.07. The fourth-order valence-electron chi connectivity index (χ4n) is 2.60. The van der Waals surface area contributed by atoms with Crippen LogP contribution in [0.5, 0.6) is 0 Å². The fraction of sp³-hybridized carbons (Fsp3) is 0.800. The Morgan fingerprint density at radius 2 is 2.09 bits per heavy atom. The molecule has 0 aliphatic carbocycles. The Kier molecular flexibility index (Phi) is 6.33. The lowest BCUT2D eigenvalue weighted by Gasteiger charge is -2.28. The fourth-order valence-corrected chi connectivity index (χ4v) is 2.60. The van der Waals surface area contributed by atoms with Gasteiger partial charge in [0.2, 0.25) is 5.91 Å². The summed E-state index contributed by atoms with van der Waals surface area (Å²) in [6, 6.07) is 0.334. The van der Waals surface area contributed by atoms with Gasteiger partial charge in [0.1, 0.15) is 12.2 Å². The predicted molar refractivity (Wildman–Crippen MR) is 83.5 cm³/mol. The average molecular weight is 309 g/mol. The number of morpholine rings is 1. The maximum Gasteiger partial charge on any atom is 0.224 e. The second kappa shape index (κ2) is 8.24. The zero-order chi connectivity index (χ0) is 15.9. The van der Waals surface area contributed by atoms with Gasteiger partial charge in [-0.1, -0.05) is 6.92 Å². The van der Waals surface area contributed by atoms with Crippen molar-refractivity contribution in [2.24, 2.45) is 5.92 Å². The molecule has 0 bridgehead atoms. The molecule has 0 aromatic carbocycles. The van der Waals surface area contributed by atoms with Gasteiger partial charge in [-0.25, -0.2) is 0 Å². The summed E-state index contributed by atoms with van der Waals surface area (Å²) in [5, 5.41) is 11.0. The maximum atomic E-state index is 12.2. The molecule has 0 saturated carbocycles. The molecule has 0 radical (unpaired) electrons. The summed E-state index contributed by atoms with van der Waals surface area (Å²) in [6.45, 7) is 10.9. The molecule has 124 valence electrons. The van der Waals surface area contributed by atoms with E-state index >= 15 is 0 Å². The second-order valence-electron chi connectivity index (χ2n) is 6.10. The van der Waals surface area contributed by atoms with Gasteiger partial charge in [-0.2, -0.15) is 0 Å². The molecular formula is C15H27N5O2. The summed E-state index contributed by atoms with van der Waals surface area (Å²) in [6.07, 6.45) is 2.44. The minimum absolute atomic E-state index is 0.0129. The second-order valence-corrected chi connectivity index (χ2v) is 6.10. The Bertz CT molecular complexity index is 468. The number of hydrogen-bond donors (Lipinski definition) is 1. The van der Waals surface area contributed by atoms with Crippen molar-refractivity contribution in [3.8, 4) is 0 Å². The number of hydrogen-bond acceptors (Lipinski definition) is 5. The van der Waals surface area contributed by atoms with Crippen LogP contribution in [-0.4, -0.2) is 65.0 Å². The number of nitrogens with zero attached hydrogens (tertiary/aromatic N) is 4. The van der Waals surface area contributed by atoms with Crippen molar-refractivity contribution in [1.82, 2.24) is 25.0 Å². The van der Waals surface area contributed by atoms with Crippen molar-refractivity contribution in [1.29, 1.82) is 0 Å². The highest BCUT2D eigenvalue weighted by atomic mass is 16.5. The summed E-state index contributed by atoms with van der Waals surface area (Å²) in [4.78, 5) is 14.4. The van der Waals surface area contributed by atoms with Crippen LogP contribution in [-0.2, 0) is 16.0 Å². The summed E-state index contributed by atoms with van der Waals surface area (Å²) in [7, 11) is 0. The van der Waals surface area contributed by atoms with Gasteiger partial charge in [-0.3, -0.25) is 9.69 Å². The molecule has 0 unspecified atom stereocenters. The predicted octanol–water partition coefficient (Wildman–Crippen LogP) is 0.486. The van der Waals surface area contributed by atoms with E-state index < -0.39 is 0 Å². The number of amides is 1. The van der Waals surface area contributed by atoms with Crippen LogP contribution in [0.3, 0.4) is 0 Å². The molecule has 7 heteroatoms. The van der Waals surface area contributed by atoms with E-state index in [4.69, 9.17) is 4.74 Å². The van der Waals surface area contributed by atoms with Crippen molar-refractivity contribution in [2.45, 2.75) is 33.2 Å². The van der Waals surface area contributed by atoms with E-state index in [1.54, 1.807) is 6.33 Å². The normalized spacial score (nSPS) is 17.6. The molecule has 1 aliphatic heterocycles. The molecule has 1 aliphatic rings. The molecule has 1 aromatic rings. The number of nitrogens with one attached hydrogen (secondary N) is 1. The largest absolute Gasteiger partial charge is 0.379 e. The van der Waals surface area contributed by atoms with Crippen molar-refractivity contribution in [3.05, 3.63) is 12.2 Å². The molecule has 1 saturated heterocycles. The van der Waals surface area contributed by atoms with Crippen molar-refractivity contribution in [3.63, 3.8) is 0 Å². The Labute approximate surface area is 132 Å². The topological polar surface area (TPSA) is 72.3 Å². The van der Waals surface area contributed by atoms with Crippen LogP contribution in [0.2, 0.25) is 0 Å². The Hall–Kier alpha value is -1.47. The number of aromatic nitrogens is 3. The van der Waals surface area contributed by atoms with Crippen LogP contribution in [0.4, 0.5) is 0 Å². The summed E-state index contributed by atoms with van der Waals surface area (Å²) < 4.78 is 7.35. The minimum atomic E-state index is -0.0129. The Morgan fingerprint density at radius 1 is 1.36 bits per heavy atom. The van der Waals surface area contributed by atoms with Gasteiger partial charge < -0.3 is 14.6 Å². The molecule has 1 atom stereocenters. The van der Waals surface area contributed by atoms with Gasteiger partial charge in [-0.05, 0) is 13.8 Å². The third kappa shape index (κ3) is 4.78. The molecule has 1 fully saturated rings. The van der Waals surface area contributed by atoms with Crippen LogP contribution in [0.1, 0.15) is 32.6 Å². The van der Waals surface area contributed by atoms with Crippen molar-refractivity contribution >= 4 is 5.91 Å².